The monoisotopic (exact) mass is 293 g/mol. The van der Waals surface area contributed by atoms with Crippen molar-refractivity contribution in [2.24, 2.45) is 0 Å². The summed E-state index contributed by atoms with van der Waals surface area (Å²) in [5.74, 6) is -0.0530. The second kappa shape index (κ2) is 6.02. The Kier molecular flexibility index (Phi) is 3.92. The summed E-state index contributed by atoms with van der Waals surface area (Å²) in [6.07, 6.45) is 2.49. The second-order valence-corrected chi connectivity index (χ2v) is 5.43. The fourth-order valence-electron chi connectivity index (χ4n) is 2.62. The summed E-state index contributed by atoms with van der Waals surface area (Å²) in [6.45, 7) is 4.67. The van der Waals surface area contributed by atoms with Crippen LogP contribution in [0, 0.1) is 13.8 Å². The quantitative estimate of drug-likeness (QED) is 0.776. The first-order valence-electron chi connectivity index (χ1n) is 7.43. The van der Waals surface area contributed by atoms with Crippen LogP contribution in [0.4, 0.5) is 0 Å². The third-order valence-electron chi connectivity index (χ3n) is 3.98. The van der Waals surface area contributed by atoms with E-state index in [1.54, 1.807) is 6.20 Å². The number of hydrogen-bond acceptors (Lipinski definition) is 2. The van der Waals surface area contributed by atoms with E-state index < -0.39 is 0 Å². The van der Waals surface area contributed by atoms with Gasteiger partial charge in [-0.1, -0.05) is 18.2 Å². The van der Waals surface area contributed by atoms with Crippen molar-refractivity contribution < 1.29 is 4.79 Å². The van der Waals surface area contributed by atoms with Crippen LogP contribution in [-0.4, -0.2) is 22.4 Å². The molecular weight excluding hydrogens is 274 g/mol. The van der Waals surface area contributed by atoms with Crippen LogP contribution in [0.25, 0.3) is 10.9 Å². The number of hydrogen-bond donors (Lipinski definition) is 2. The van der Waals surface area contributed by atoms with Crippen molar-refractivity contribution in [1.29, 1.82) is 0 Å². The molecule has 0 unspecified atom stereocenters. The van der Waals surface area contributed by atoms with Crippen molar-refractivity contribution >= 4 is 16.8 Å². The predicted molar refractivity (Wildman–Crippen MR) is 88.0 cm³/mol. The first kappa shape index (κ1) is 14.3. The van der Waals surface area contributed by atoms with E-state index in [0.29, 0.717) is 12.1 Å². The maximum absolute atomic E-state index is 12.4. The number of carbonyl (C=O) groups excluding carboxylic acids is 1. The van der Waals surface area contributed by atoms with Crippen LogP contribution in [0.15, 0.2) is 42.6 Å². The van der Waals surface area contributed by atoms with E-state index in [0.717, 1.165) is 28.7 Å². The van der Waals surface area contributed by atoms with Crippen LogP contribution >= 0.6 is 0 Å². The lowest BCUT2D eigenvalue weighted by molar-refractivity contribution is 0.0955. The molecule has 0 aliphatic heterocycles. The van der Waals surface area contributed by atoms with E-state index in [-0.39, 0.29) is 5.91 Å². The Hall–Kier alpha value is -2.62. The van der Waals surface area contributed by atoms with Crippen LogP contribution in [-0.2, 0) is 6.42 Å². The summed E-state index contributed by atoms with van der Waals surface area (Å²) in [5.41, 5.74) is 4.87. The molecule has 0 saturated heterocycles. The maximum atomic E-state index is 12.4. The van der Waals surface area contributed by atoms with Gasteiger partial charge in [0.1, 0.15) is 0 Å². The molecule has 0 aliphatic rings. The lowest BCUT2D eigenvalue weighted by Crippen LogP contribution is -2.26. The van der Waals surface area contributed by atoms with Gasteiger partial charge in [0.15, 0.2) is 0 Å². The number of nitrogens with one attached hydrogen (secondary N) is 2. The molecule has 22 heavy (non-hydrogen) atoms. The van der Waals surface area contributed by atoms with Crippen LogP contribution < -0.4 is 5.32 Å². The van der Waals surface area contributed by atoms with Gasteiger partial charge in [-0.25, -0.2) is 0 Å². The Morgan fingerprint density at radius 1 is 1.18 bits per heavy atom. The lowest BCUT2D eigenvalue weighted by atomic mass is 10.1. The first-order valence-corrected chi connectivity index (χ1v) is 7.43. The Morgan fingerprint density at radius 2 is 2.05 bits per heavy atom. The molecule has 3 aromatic rings. The van der Waals surface area contributed by atoms with E-state index in [4.69, 9.17) is 0 Å². The summed E-state index contributed by atoms with van der Waals surface area (Å²) in [6, 6.07) is 11.6. The molecular formula is C18H19N3O. The molecule has 2 heterocycles. The molecule has 4 nitrogen and oxygen atoms in total. The fourth-order valence-corrected chi connectivity index (χ4v) is 2.62. The van der Waals surface area contributed by atoms with Gasteiger partial charge >= 0.3 is 0 Å². The topological polar surface area (TPSA) is 57.8 Å². The average molecular weight is 293 g/mol. The van der Waals surface area contributed by atoms with Crippen molar-refractivity contribution in [1.82, 2.24) is 15.3 Å². The van der Waals surface area contributed by atoms with E-state index in [2.05, 4.69) is 22.2 Å². The standard InChI is InChI=1S/C18H19N3O/c1-12-13(2)21-17-15(12)7-5-8-16(17)18(22)20-11-9-14-6-3-4-10-19-14/h3-8,10,21H,9,11H2,1-2H3,(H,20,22). The third kappa shape index (κ3) is 2.72. The van der Waals surface area contributed by atoms with Crippen LogP contribution in [0.3, 0.4) is 0 Å². The normalized spacial score (nSPS) is 10.8. The Bertz CT molecular complexity index is 806. The zero-order valence-corrected chi connectivity index (χ0v) is 12.8. The molecule has 1 amide bonds. The fraction of sp³-hybridized carbons (Fsp3) is 0.222. The zero-order valence-electron chi connectivity index (χ0n) is 12.8. The largest absolute Gasteiger partial charge is 0.358 e. The molecule has 0 radical (unpaired) electrons. The highest BCUT2D eigenvalue weighted by Gasteiger charge is 2.13. The van der Waals surface area contributed by atoms with Crippen molar-refractivity contribution in [2.75, 3.05) is 6.54 Å². The molecule has 0 fully saturated rings. The number of nitrogens with zero attached hydrogens (tertiary/aromatic N) is 1. The molecule has 1 aromatic carbocycles. The number of carbonyl (C=O) groups is 1. The summed E-state index contributed by atoms with van der Waals surface area (Å²) in [4.78, 5) is 20.0. The second-order valence-electron chi connectivity index (χ2n) is 5.43. The predicted octanol–water partition coefficient (Wildman–Crippen LogP) is 3.15. The SMILES string of the molecule is Cc1[nH]c2c(C(=O)NCCc3ccccn3)cccc2c1C. The minimum atomic E-state index is -0.0530. The minimum absolute atomic E-state index is 0.0530. The van der Waals surface area contributed by atoms with E-state index >= 15 is 0 Å². The highest BCUT2D eigenvalue weighted by Crippen LogP contribution is 2.24. The first-order chi connectivity index (χ1) is 10.7. The van der Waals surface area contributed by atoms with Gasteiger partial charge in [0.2, 0.25) is 0 Å². The smallest absolute Gasteiger partial charge is 0.253 e. The van der Waals surface area contributed by atoms with Gasteiger partial charge in [0, 0.05) is 35.9 Å². The minimum Gasteiger partial charge on any atom is -0.358 e. The van der Waals surface area contributed by atoms with Crippen molar-refractivity contribution in [3.05, 3.63) is 65.1 Å². The Balaban J connectivity index is 1.74. The molecule has 2 aromatic heterocycles. The molecule has 0 aliphatic carbocycles. The number of H-pyrrole nitrogens is 1. The van der Waals surface area contributed by atoms with Gasteiger partial charge in [0.05, 0.1) is 11.1 Å². The van der Waals surface area contributed by atoms with Crippen molar-refractivity contribution in [3.63, 3.8) is 0 Å². The molecule has 3 rings (SSSR count). The number of rotatable bonds is 4. The number of aromatic amines is 1. The van der Waals surface area contributed by atoms with Crippen LogP contribution in [0.5, 0.6) is 0 Å². The third-order valence-corrected chi connectivity index (χ3v) is 3.98. The molecule has 0 bridgehead atoms. The van der Waals surface area contributed by atoms with E-state index in [1.807, 2.05) is 43.3 Å². The number of para-hydroxylation sites is 1. The zero-order chi connectivity index (χ0) is 15.5. The molecule has 112 valence electrons. The Morgan fingerprint density at radius 3 is 2.82 bits per heavy atom. The van der Waals surface area contributed by atoms with Crippen LogP contribution in [0.1, 0.15) is 27.3 Å². The number of benzene rings is 1. The molecule has 0 spiro atoms. The van der Waals surface area contributed by atoms with Crippen molar-refractivity contribution in [2.45, 2.75) is 20.3 Å². The molecule has 4 heteroatoms. The lowest BCUT2D eigenvalue weighted by Gasteiger charge is -2.06. The number of amides is 1. The summed E-state index contributed by atoms with van der Waals surface area (Å²) in [5, 5.41) is 4.08. The molecule has 0 atom stereocenters. The van der Waals surface area contributed by atoms with Gasteiger partial charge in [-0.05, 0) is 37.6 Å². The molecule has 2 N–H and O–H groups in total. The van der Waals surface area contributed by atoms with Gasteiger partial charge in [-0.3, -0.25) is 9.78 Å². The van der Waals surface area contributed by atoms with Gasteiger partial charge in [0.25, 0.3) is 5.91 Å². The summed E-state index contributed by atoms with van der Waals surface area (Å²) >= 11 is 0. The summed E-state index contributed by atoms with van der Waals surface area (Å²) in [7, 11) is 0. The van der Waals surface area contributed by atoms with Gasteiger partial charge < -0.3 is 10.3 Å². The Labute approximate surface area is 129 Å². The highest BCUT2D eigenvalue weighted by molar-refractivity contribution is 6.06. The average Bonchev–Trinajstić information content (AvgIpc) is 2.83. The van der Waals surface area contributed by atoms with Crippen LogP contribution in [0.2, 0.25) is 0 Å². The van der Waals surface area contributed by atoms with Gasteiger partial charge in [-0.2, -0.15) is 0 Å². The van der Waals surface area contributed by atoms with E-state index in [1.165, 1.54) is 5.56 Å². The van der Waals surface area contributed by atoms with Crippen molar-refractivity contribution in [3.8, 4) is 0 Å². The number of aryl methyl sites for hydroxylation is 2. The molecule has 0 saturated carbocycles. The number of pyridine rings is 1. The maximum Gasteiger partial charge on any atom is 0.253 e. The highest BCUT2D eigenvalue weighted by atomic mass is 16.1. The van der Waals surface area contributed by atoms with Gasteiger partial charge in [-0.15, -0.1) is 0 Å². The van der Waals surface area contributed by atoms with E-state index in [9.17, 15) is 4.79 Å². The number of fused-ring (bicyclic) bond motifs is 1. The summed E-state index contributed by atoms with van der Waals surface area (Å²) < 4.78 is 0. The number of aromatic nitrogens is 2.